The van der Waals surface area contributed by atoms with Crippen molar-refractivity contribution in [2.45, 2.75) is 24.8 Å². The van der Waals surface area contributed by atoms with Gasteiger partial charge in [-0.3, -0.25) is 4.79 Å². The highest BCUT2D eigenvalue weighted by Gasteiger charge is 2.36. The van der Waals surface area contributed by atoms with Crippen molar-refractivity contribution in [2.75, 3.05) is 13.2 Å². The summed E-state index contributed by atoms with van der Waals surface area (Å²) in [7, 11) is 0. The van der Waals surface area contributed by atoms with Gasteiger partial charge in [0.2, 0.25) is 5.91 Å². The minimum atomic E-state index is -0.350. The zero-order valence-corrected chi connectivity index (χ0v) is 12.9. The summed E-state index contributed by atoms with van der Waals surface area (Å²) in [4.78, 5) is 12.3. The van der Waals surface area contributed by atoms with E-state index in [2.05, 4.69) is 5.32 Å². The fourth-order valence-electron chi connectivity index (χ4n) is 2.79. The Morgan fingerprint density at radius 1 is 1.27 bits per heavy atom. The number of rotatable bonds is 5. The number of ether oxygens (including phenoxy) is 1. The van der Waals surface area contributed by atoms with Gasteiger partial charge in [-0.25, -0.2) is 0 Å². The van der Waals surface area contributed by atoms with Crippen molar-refractivity contribution < 1.29 is 13.9 Å². The van der Waals surface area contributed by atoms with Gasteiger partial charge in [-0.05, 0) is 42.7 Å². The molecule has 0 bridgehead atoms. The second-order valence-electron chi connectivity index (χ2n) is 5.69. The predicted octanol–water partition coefficient (Wildman–Crippen LogP) is 2.99. The number of hydrogen-bond acceptors (Lipinski definition) is 3. The largest absolute Gasteiger partial charge is 0.469 e. The van der Waals surface area contributed by atoms with Gasteiger partial charge < -0.3 is 14.5 Å². The molecule has 0 spiro atoms. The molecule has 3 rings (SSSR count). The Labute approximate surface area is 134 Å². The van der Waals surface area contributed by atoms with Crippen LogP contribution < -0.4 is 5.32 Å². The van der Waals surface area contributed by atoms with Crippen LogP contribution in [0.25, 0.3) is 0 Å². The molecule has 1 amide bonds. The SMILES string of the molecule is O=C(Cc1ccco1)NC1(Cc2ccc(Cl)cc2)CCOC1. The molecular weight excluding hydrogens is 302 g/mol. The zero-order chi connectivity index (χ0) is 15.4. The molecule has 1 atom stereocenters. The van der Waals surface area contributed by atoms with Crippen LogP contribution in [0.15, 0.2) is 47.1 Å². The Morgan fingerprint density at radius 2 is 2.09 bits per heavy atom. The third kappa shape index (κ3) is 3.70. The average molecular weight is 320 g/mol. The molecule has 1 N–H and O–H groups in total. The second kappa shape index (κ2) is 6.55. The van der Waals surface area contributed by atoms with E-state index in [1.165, 1.54) is 0 Å². The van der Waals surface area contributed by atoms with Crippen molar-refractivity contribution in [1.82, 2.24) is 5.32 Å². The van der Waals surface area contributed by atoms with Gasteiger partial charge in [-0.1, -0.05) is 23.7 Å². The molecule has 22 heavy (non-hydrogen) atoms. The highest BCUT2D eigenvalue weighted by atomic mass is 35.5. The Balaban J connectivity index is 1.68. The molecule has 2 aromatic rings. The van der Waals surface area contributed by atoms with Crippen LogP contribution in [0.5, 0.6) is 0 Å². The first-order valence-corrected chi connectivity index (χ1v) is 7.69. The third-order valence-electron chi connectivity index (χ3n) is 3.88. The second-order valence-corrected chi connectivity index (χ2v) is 6.13. The van der Waals surface area contributed by atoms with Crippen LogP contribution in [0.3, 0.4) is 0 Å². The predicted molar refractivity (Wildman–Crippen MR) is 83.9 cm³/mol. The van der Waals surface area contributed by atoms with E-state index in [0.29, 0.717) is 24.0 Å². The maximum atomic E-state index is 12.3. The van der Waals surface area contributed by atoms with E-state index in [0.717, 1.165) is 18.4 Å². The van der Waals surface area contributed by atoms with E-state index in [-0.39, 0.29) is 17.9 Å². The fourth-order valence-corrected chi connectivity index (χ4v) is 2.92. The summed E-state index contributed by atoms with van der Waals surface area (Å²) in [5, 5.41) is 3.85. The van der Waals surface area contributed by atoms with Gasteiger partial charge in [-0.15, -0.1) is 0 Å². The summed E-state index contributed by atoms with van der Waals surface area (Å²) in [6.45, 7) is 1.19. The molecule has 0 aliphatic carbocycles. The maximum Gasteiger partial charge on any atom is 0.228 e. The van der Waals surface area contributed by atoms with Crippen molar-refractivity contribution in [3.63, 3.8) is 0 Å². The smallest absolute Gasteiger partial charge is 0.228 e. The standard InChI is InChI=1S/C17H18ClNO3/c18-14-5-3-13(4-6-14)11-17(7-9-21-12-17)19-16(20)10-15-2-1-8-22-15/h1-6,8H,7,9-12H2,(H,19,20). The monoisotopic (exact) mass is 319 g/mol. The summed E-state index contributed by atoms with van der Waals surface area (Å²) in [5.74, 6) is 0.618. The van der Waals surface area contributed by atoms with Gasteiger partial charge in [-0.2, -0.15) is 0 Å². The molecule has 2 heterocycles. The van der Waals surface area contributed by atoms with E-state index < -0.39 is 0 Å². The normalized spacial score (nSPS) is 21.0. The topological polar surface area (TPSA) is 51.5 Å². The number of carbonyl (C=O) groups is 1. The van der Waals surface area contributed by atoms with Gasteiger partial charge in [0.25, 0.3) is 0 Å². The molecule has 1 aliphatic heterocycles. The Bertz CT molecular complexity index is 616. The summed E-state index contributed by atoms with van der Waals surface area (Å²) in [6, 6.07) is 11.3. The van der Waals surface area contributed by atoms with Crippen LogP contribution >= 0.6 is 11.6 Å². The molecule has 4 nitrogen and oxygen atoms in total. The quantitative estimate of drug-likeness (QED) is 0.921. The third-order valence-corrected chi connectivity index (χ3v) is 4.13. The van der Waals surface area contributed by atoms with Crippen molar-refractivity contribution in [2.24, 2.45) is 0 Å². The molecule has 1 aromatic heterocycles. The van der Waals surface area contributed by atoms with Crippen LogP contribution in [-0.4, -0.2) is 24.7 Å². The lowest BCUT2D eigenvalue weighted by Crippen LogP contribution is -2.51. The minimum Gasteiger partial charge on any atom is -0.469 e. The number of furan rings is 1. The average Bonchev–Trinajstić information content (AvgIpc) is 3.14. The van der Waals surface area contributed by atoms with E-state index >= 15 is 0 Å². The molecular formula is C17H18ClNO3. The molecule has 0 saturated carbocycles. The van der Waals surface area contributed by atoms with Gasteiger partial charge in [0, 0.05) is 11.6 Å². The van der Waals surface area contributed by atoms with Gasteiger partial charge in [0.15, 0.2) is 0 Å². The molecule has 116 valence electrons. The van der Waals surface area contributed by atoms with Crippen LogP contribution in [-0.2, 0) is 22.4 Å². The molecule has 1 fully saturated rings. The van der Waals surface area contributed by atoms with Gasteiger partial charge >= 0.3 is 0 Å². The Kier molecular flexibility index (Phi) is 4.50. The summed E-state index contributed by atoms with van der Waals surface area (Å²) >= 11 is 5.92. The van der Waals surface area contributed by atoms with Crippen molar-refractivity contribution in [3.05, 3.63) is 59.0 Å². The highest BCUT2D eigenvalue weighted by Crippen LogP contribution is 2.25. The van der Waals surface area contributed by atoms with Crippen LogP contribution in [0.1, 0.15) is 17.7 Å². The lowest BCUT2D eigenvalue weighted by molar-refractivity contribution is -0.122. The molecule has 0 radical (unpaired) electrons. The van der Waals surface area contributed by atoms with Gasteiger partial charge in [0.1, 0.15) is 5.76 Å². The first kappa shape index (κ1) is 15.1. The molecule has 1 saturated heterocycles. The number of halogens is 1. The maximum absolute atomic E-state index is 12.3. The van der Waals surface area contributed by atoms with Crippen LogP contribution in [0, 0.1) is 0 Å². The van der Waals surface area contributed by atoms with Crippen molar-refractivity contribution in [3.8, 4) is 0 Å². The summed E-state index contributed by atoms with van der Waals surface area (Å²) in [5.41, 5.74) is 0.783. The van der Waals surface area contributed by atoms with Crippen LogP contribution in [0.2, 0.25) is 5.02 Å². The first-order chi connectivity index (χ1) is 10.7. The highest BCUT2D eigenvalue weighted by molar-refractivity contribution is 6.30. The van der Waals surface area contributed by atoms with E-state index in [1.54, 1.807) is 18.4 Å². The first-order valence-electron chi connectivity index (χ1n) is 7.31. The zero-order valence-electron chi connectivity index (χ0n) is 12.2. The number of benzene rings is 1. The summed E-state index contributed by atoms with van der Waals surface area (Å²) in [6.07, 6.45) is 3.35. The lowest BCUT2D eigenvalue weighted by Gasteiger charge is -2.29. The Morgan fingerprint density at radius 3 is 2.73 bits per heavy atom. The number of amides is 1. The van der Waals surface area contributed by atoms with E-state index in [1.807, 2.05) is 24.3 Å². The number of hydrogen-bond donors (Lipinski definition) is 1. The molecule has 1 unspecified atom stereocenters. The fraction of sp³-hybridized carbons (Fsp3) is 0.353. The lowest BCUT2D eigenvalue weighted by atomic mass is 9.89. The van der Waals surface area contributed by atoms with E-state index in [9.17, 15) is 4.79 Å². The van der Waals surface area contributed by atoms with Crippen molar-refractivity contribution in [1.29, 1.82) is 0 Å². The van der Waals surface area contributed by atoms with Crippen LogP contribution in [0.4, 0.5) is 0 Å². The Hall–Kier alpha value is -1.78. The van der Waals surface area contributed by atoms with Crippen molar-refractivity contribution >= 4 is 17.5 Å². The van der Waals surface area contributed by atoms with E-state index in [4.69, 9.17) is 20.8 Å². The summed E-state index contributed by atoms with van der Waals surface area (Å²) < 4.78 is 10.8. The van der Waals surface area contributed by atoms with Gasteiger partial charge in [0.05, 0.1) is 24.8 Å². The number of carbonyl (C=O) groups excluding carboxylic acids is 1. The number of nitrogens with one attached hydrogen (secondary N) is 1. The molecule has 1 aromatic carbocycles. The minimum absolute atomic E-state index is 0.0468. The molecule has 5 heteroatoms. The molecule has 1 aliphatic rings.